The molecule has 19 heavy (non-hydrogen) atoms. The number of benzene rings is 1. The molecule has 1 aromatic rings. The molecule has 0 fully saturated rings. The zero-order valence-corrected chi connectivity index (χ0v) is 11.4. The highest BCUT2D eigenvalue weighted by molar-refractivity contribution is 5.76. The van der Waals surface area contributed by atoms with Gasteiger partial charge in [0, 0.05) is 12.2 Å². The molecule has 1 aromatic carbocycles. The van der Waals surface area contributed by atoms with Crippen LogP contribution in [-0.4, -0.2) is 31.2 Å². The van der Waals surface area contributed by atoms with E-state index in [2.05, 4.69) is 0 Å². The van der Waals surface area contributed by atoms with Gasteiger partial charge in [-0.05, 0) is 44.4 Å². The summed E-state index contributed by atoms with van der Waals surface area (Å²) in [4.78, 5) is 10.7. The van der Waals surface area contributed by atoms with Crippen LogP contribution >= 0.6 is 0 Å². The topological polar surface area (TPSA) is 55.8 Å². The van der Waals surface area contributed by atoms with Gasteiger partial charge < -0.3 is 14.6 Å². The maximum absolute atomic E-state index is 10.7. The summed E-state index contributed by atoms with van der Waals surface area (Å²) in [7, 11) is 0. The van der Waals surface area contributed by atoms with Gasteiger partial charge in [0.25, 0.3) is 0 Å². The first-order chi connectivity index (χ1) is 9.31. The van der Waals surface area contributed by atoms with Gasteiger partial charge >= 0.3 is 0 Å². The van der Waals surface area contributed by atoms with E-state index in [4.69, 9.17) is 14.6 Å². The van der Waals surface area contributed by atoms with Gasteiger partial charge in [0.2, 0.25) is 0 Å². The molecule has 0 spiro atoms. The molecule has 0 radical (unpaired) electrons. The Morgan fingerprint density at radius 2 is 1.89 bits per heavy atom. The third-order valence-electron chi connectivity index (χ3n) is 2.71. The van der Waals surface area contributed by atoms with Crippen LogP contribution in [0.25, 0.3) is 0 Å². The van der Waals surface area contributed by atoms with Crippen molar-refractivity contribution in [1.29, 1.82) is 0 Å². The number of ether oxygens (including phenoxy) is 2. The van der Waals surface area contributed by atoms with Crippen molar-refractivity contribution >= 4 is 6.29 Å². The maximum Gasteiger partial charge on any atom is 0.161 e. The first-order valence-electron chi connectivity index (χ1n) is 6.77. The van der Waals surface area contributed by atoms with E-state index in [1.807, 2.05) is 6.92 Å². The van der Waals surface area contributed by atoms with Gasteiger partial charge in [-0.3, -0.25) is 4.79 Å². The van der Waals surface area contributed by atoms with E-state index in [1.165, 1.54) is 0 Å². The third kappa shape index (κ3) is 5.75. The van der Waals surface area contributed by atoms with E-state index in [9.17, 15) is 4.79 Å². The van der Waals surface area contributed by atoms with E-state index in [0.29, 0.717) is 30.3 Å². The SMILES string of the molecule is CCOc1cc(C=O)ccc1OCCCCCCO. The minimum Gasteiger partial charge on any atom is -0.490 e. The lowest BCUT2D eigenvalue weighted by molar-refractivity contribution is 0.112. The molecule has 0 aromatic heterocycles. The molecule has 0 atom stereocenters. The van der Waals surface area contributed by atoms with Crippen LogP contribution in [0.15, 0.2) is 18.2 Å². The first kappa shape index (κ1) is 15.5. The number of carbonyl (C=O) groups excluding carboxylic acids is 1. The van der Waals surface area contributed by atoms with E-state index >= 15 is 0 Å². The Morgan fingerprint density at radius 1 is 1.11 bits per heavy atom. The lowest BCUT2D eigenvalue weighted by Gasteiger charge is -2.12. The molecule has 0 aliphatic heterocycles. The van der Waals surface area contributed by atoms with Crippen molar-refractivity contribution in [1.82, 2.24) is 0 Å². The molecule has 106 valence electrons. The van der Waals surface area contributed by atoms with E-state index < -0.39 is 0 Å². The number of aldehydes is 1. The summed E-state index contributed by atoms with van der Waals surface area (Å²) < 4.78 is 11.1. The number of unbranched alkanes of at least 4 members (excludes halogenated alkanes) is 3. The summed E-state index contributed by atoms with van der Waals surface area (Å²) in [6, 6.07) is 5.18. The summed E-state index contributed by atoms with van der Waals surface area (Å²) in [6.07, 6.45) is 4.64. The summed E-state index contributed by atoms with van der Waals surface area (Å²) in [6.45, 7) is 3.30. The highest BCUT2D eigenvalue weighted by Gasteiger charge is 2.06. The molecule has 0 heterocycles. The molecular formula is C15H22O4. The van der Waals surface area contributed by atoms with Crippen LogP contribution < -0.4 is 9.47 Å². The van der Waals surface area contributed by atoms with Crippen LogP contribution in [0, 0.1) is 0 Å². The Morgan fingerprint density at radius 3 is 2.58 bits per heavy atom. The quantitative estimate of drug-likeness (QED) is 0.522. The molecule has 4 nitrogen and oxygen atoms in total. The summed E-state index contributed by atoms with van der Waals surface area (Å²) in [5.41, 5.74) is 0.582. The molecule has 0 aliphatic rings. The molecule has 0 saturated heterocycles. The van der Waals surface area contributed by atoms with Crippen molar-refractivity contribution in [2.75, 3.05) is 19.8 Å². The molecule has 0 unspecified atom stereocenters. The van der Waals surface area contributed by atoms with Gasteiger partial charge in [-0.2, -0.15) is 0 Å². The van der Waals surface area contributed by atoms with Crippen molar-refractivity contribution < 1.29 is 19.4 Å². The Bertz CT molecular complexity index is 376. The molecule has 0 aliphatic carbocycles. The smallest absolute Gasteiger partial charge is 0.161 e. The van der Waals surface area contributed by atoms with Crippen molar-refractivity contribution in [3.63, 3.8) is 0 Å². The second kappa shape index (κ2) is 9.39. The average molecular weight is 266 g/mol. The van der Waals surface area contributed by atoms with Crippen molar-refractivity contribution in [3.05, 3.63) is 23.8 Å². The van der Waals surface area contributed by atoms with Crippen LogP contribution in [-0.2, 0) is 0 Å². The summed E-state index contributed by atoms with van der Waals surface area (Å²) in [5, 5.41) is 8.67. The van der Waals surface area contributed by atoms with Crippen LogP contribution in [0.1, 0.15) is 43.0 Å². The summed E-state index contributed by atoms with van der Waals surface area (Å²) in [5.74, 6) is 1.29. The van der Waals surface area contributed by atoms with Gasteiger partial charge in [0.05, 0.1) is 13.2 Å². The van der Waals surface area contributed by atoms with E-state index in [-0.39, 0.29) is 6.61 Å². The van der Waals surface area contributed by atoms with Crippen LogP contribution in [0.4, 0.5) is 0 Å². The van der Waals surface area contributed by atoms with Gasteiger partial charge in [-0.1, -0.05) is 6.42 Å². The maximum atomic E-state index is 10.7. The van der Waals surface area contributed by atoms with Crippen LogP contribution in [0.3, 0.4) is 0 Å². The zero-order chi connectivity index (χ0) is 13.9. The van der Waals surface area contributed by atoms with Crippen molar-refractivity contribution in [3.8, 4) is 11.5 Å². The Kier molecular flexibility index (Phi) is 7.66. The van der Waals surface area contributed by atoms with Crippen molar-refractivity contribution in [2.45, 2.75) is 32.6 Å². The fourth-order valence-electron chi connectivity index (χ4n) is 1.74. The normalized spacial score (nSPS) is 10.2. The Hall–Kier alpha value is -1.55. The number of aliphatic hydroxyl groups excluding tert-OH is 1. The molecule has 0 amide bonds. The molecule has 4 heteroatoms. The van der Waals surface area contributed by atoms with Gasteiger partial charge in [-0.25, -0.2) is 0 Å². The fraction of sp³-hybridized carbons (Fsp3) is 0.533. The van der Waals surface area contributed by atoms with Gasteiger partial charge in [-0.15, -0.1) is 0 Å². The molecule has 0 saturated carbocycles. The average Bonchev–Trinajstić information content (AvgIpc) is 2.44. The minimum atomic E-state index is 0.252. The second-order valence-corrected chi connectivity index (χ2v) is 4.24. The number of hydrogen-bond donors (Lipinski definition) is 1. The minimum absolute atomic E-state index is 0.252. The number of rotatable bonds is 10. The predicted molar refractivity (Wildman–Crippen MR) is 74.0 cm³/mol. The Balaban J connectivity index is 2.45. The highest BCUT2D eigenvalue weighted by Crippen LogP contribution is 2.28. The lowest BCUT2D eigenvalue weighted by Crippen LogP contribution is -2.01. The van der Waals surface area contributed by atoms with E-state index in [0.717, 1.165) is 32.0 Å². The van der Waals surface area contributed by atoms with Crippen LogP contribution in [0.2, 0.25) is 0 Å². The highest BCUT2D eigenvalue weighted by atomic mass is 16.5. The van der Waals surface area contributed by atoms with Gasteiger partial charge in [0.1, 0.15) is 6.29 Å². The monoisotopic (exact) mass is 266 g/mol. The molecule has 0 bridgehead atoms. The zero-order valence-electron chi connectivity index (χ0n) is 11.4. The van der Waals surface area contributed by atoms with Crippen LogP contribution in [0.5, 0.6) is 11.5 Å². The predicted octanol–water partition coefficient (Wildman–Crippen LogP) is 2.83. The lowest BCUT2D eigenvalue weighted by atomic mass is 10.2. The standard InChI is InChI=1S/C15H22O4/c1-2-18-15-11-13(12-17)7-8-14(15)19-10-6-4-3-5-9-16/h7-8,11-12,16H,2-6,9-10H2,1H3. The first-order valence-corrected chi connectivity index (χ1v) is 6.77. The molecular weight excluding hydrogens is 244 g/mol. The number of hydrogen-bond acceptors (Lipinski definition) is 4. The number of carbonyl (C=O) groups is 1. The third-order valence-corrected chi connectivity index (χ3v) is 2.71. The molecule has 1 N–H and O–H groups in total. The Labute approximate surface area is 114 Å². The largest absolute Gasteiger partial charge is 0.490 e. The number of aliphatic hydroxyl groups is 1. The molecule has 1 rings (SSSR count). The van der Waals surface area contributed by atoms with E-state index in [1.54, 1.807) is 18.2 Å². The summed E-state index contributed by atoms with van der Waals surface area (Å²) >= 11 is 0. The second-order valence-electron chi connectivity index (χ2n) is 4.24. The fourth-order valence-corrected chi connectivity index (χ4v) is 1.74. The van der Waals surface area contributed by atoms with Crippen molar-refractivity contribution in [2.24, 2.45) is 0 Å². The van der Waals surface area contributed by atoms with Gasteiger partial charge in [0.15, 0.2) is 11.5 Å².